The third kappa shape index (κ3) is 12.3. The van der Waals surface area contributed by atoms with Gasteiger partial charge < -0.3 is 18.8 Å². The SMILES string of the molecule is CC(C)(C)[Si](C)(C)NC(CSSCC(N[Si](C)(C)C(C)(C)C)C(=O)O[Si](C)(C)C(C)(C)C)C(=O)O[Si](C)(C)C(C)(C)C. The normalized spacial score (nSPS) is 16.2. The highest BCUT2D eigenvalue weighted by atomic mass is 33.1. The Kier molecular flexibility index (Phi) is 14.6. The van der Waals surface area contributed by atoms with E-state index in [2.05, 4.69) is 145 Å². The van der Waals surface area contributed by atoms with Crippen molar-refractivity contribution in [2.75, 3.05) is 11.5 Å². The average molecular weight is 697 g/mol. The summed E-state index contributed by atoms with van der Waals surface area (Å²) < 4.78 is 12.6. The van der Waals surface area contributed by atoms with Gasteiger partial charge in [0.25, 0.3) is 16.6 Å². The fourth-order valence-corrected chi connectivity index (χ4v) is 10.4. The van der Waals surface area contributed by atoms with Gasteiger partial charge in [-0.2, -0.15) is 0 Å². The third-order valence-electron chi connectivity index (χ3n) is 10.3. The second-order valence-corrected chi connectivity index (χ2v) is 40.2. The van der Waals surface area contributed by atoms with Gasteiger partial charge in [-0.25, -0.2) is 0 Å². The van der Waals surface area contributed by atoms with Crippen molar-refractivity contribution in [3.8, 4) is 0 Å². The summed E-state index contributed by atoms with van der Waals surface area (Å²) in [5.41, 5.74) is 0. The Morgan fingerprint density at radius 2 is 0.762 bits per heavy atom. The molecular weight excluding hydrogens is 629 g/mol. The van der Waals surface area contributed by atoms with Crippen molar-refractivity contribution in [2.24, 2.45) is 0 Å². The predicted molar refractivity (Wildman–Crippen MR) is 200 cm³/mol. The molecule has 0 aromatic carbocycles. The highest BCUT2D eigenvalue weighted by Gasteiger charge is 2.46. The fraction of sp³-hybridized carbons (Fsp3) is 0.933. The van der Waals surface area contributed by atoms with Crippen LogP contribution >= 0.6 is 21.6 Å². The quantitative estimate of drug-likeness (QED) is 0.112. The van der Waals surface area contributed by atoms with Crippen LogP contribution in [0.1, 0.15) is 83.1 Å². The average Bonchev–Trinajstić information content (AvgIpc) is 2.70. The minimum absolute atomic E-state index is 0.0563. The Morgan fingerprint density at radius 3 is 0.952 bits per heavy atom. The topological polar surface area (TPSA) is 76.7 Å². The Bertz CT molecular complexity index is 842. The number of carbonyl (C=O) groups excluding carboxylic acids is 2. The van der Waals surface area contributed by atoms with Crippen molar-refractivity contribution < 1.29 is 18.4 Å². The molecule has 0 radical (unpaired) electrons. The molecule has 0 saturated carbocycles. The number of carbonyl (C=O) groups is 2. The maximum Gasteiger partial charge on any atom is 0.310 e. The minimum atomic E-state index is -2.27. The third-order valence-corrected chi connectivity index (χ3v) is 31.0. The monoisotopic (exact) mass is 696 g/mol. The lowest BCUT2D eigenvalue weighted by molar-refractivity contribution is -0.137. The van der Waals surface area contributed by atoms with Crippen LogP contribution < -0.4 is 9.96 Å². The maximum absolute atomic E-state index is 13.7. The largest absolute Gasteiger partial charge is 0.518 e. The molecule has 12 heteroatoms. The van der Waals surface area contributed by atoms with E-state index in [0.717, 1.165) is 0 Å². The van der Waals surface area contributed by atoms with Crippen LogP contribution in [0.25, 0.3) is 0 Å². The van der Waals surface area contributed by atoms with Crippen molar-refractivity contribution in [2.45, 2.75) is 168 Å². The van der Waals surface area contributed by atoms with E-state index in [1.807, 2.05) is 0 Å². The van der Waals surface area contributed by atoms with Gasteiger partial charge in [-0.05, 0) is 46.3 Å². The lowest BCUT2D eigenvalue weighted by Crippen LogP contribution is -2.61. The first-order valence-electron chi connectivity index (χ1n) is 15.4. The number of hydrogen-bond acceptors (Lipinski definition) is 8. The molecule has 0 spiro atoms. The van der Waals surface area contributed by atoms with Crippen LogP contribution in [0.3, 0.4) is 0 Å². The second-order valence-electron chi connectivity index (χ2n) is 18.1. The van der Waals surface area contributed by atoms with Gasteiger partial charge in [0.15, 0.2) is 0 Å². The highest BCUT2D eigenvalue weighted by molar-refractivity contribution is 8.76. The van der Waals surface area contributed by atoms with Gasteiger partial charge in [0, 0.05) is 11.5 Å². The minimum Gasteiger partial charge on any atom is -0.518 e. The van der Waals surface area contributed by atoms with Gasteiger partial charge in [0.1, 0.15) is 28.6 Å². The molecule has 2 atom stereocenters. The maximum atomic E-state index is 13.7. The molecule has 2 N–H and O–H groups in total. The number of rotatable bonds is 13. The molecule has 0 aromatic heterocycles. The van der Waals surface area contributed by atoms with Gasteiger partial charge in [-0.1, -0.05) is 131 Å². The summed E-state index contributed by atoms with van der Waals surface area (Å²) in [6.45, 7) is 44.1. The first-order valence-corrected chi connectivity index (χ1v) is 29.7. The van der Waals surface area contributed by atoms with Gasteiger partial charge >= 0.3 is 11.9 Å². The fourth-order valence-electron chi connectivity index (χ4n) is 2.83. The molecule has 0 amide bonds. The summed E-state index contributed by atoms with van der Waals surface area (Å²) in [6, 6.07) is -0.799. The van der Waals surface area contributed by atoms with Crippen LogP contribution in [0, 0.1) is 0 Å². The lowest BCUT2D eigenvalue weighted by atomic mass is 10.2. The van der Waals surface area contributed by atoms with Crippen LogP contribution in [-0.4, -0.2) is 68.6 Å². The molecule has 0 aliphatic carbocycles. The van der Waals surface area contributed by atoms with E-state index in [1.54, 1.807) is 21.6 Å². The van der Waals surface area contributed by atoms with Gasteiger partial charge in [0.2, 0.25) is 0 Å². The summed E-state index contributed by atoms with van der Waals surface area (Å²) in [6.07, 6.45) is 0. The predicted octanol–water partition coefficient (Wildman–Crippen LogP) is 9.39. The smallest absolute Gasteiger partial charge is 0.310 e. The van der Waals surface area contributed by atoms with Gasteiger partial charge in [-0.3, -0.25) is 9.59 Å². The molecule has 0 fully saturated rings. The molecule has 0 rings (SSSR count). The van der Waals surface area contributed by atoms with E-state index in [0.29, 0.717) is 11.5 Å². The molecule has 2 unspecified atom stereocenters. The van der Waals surface area contributed by atoms with Crippen LogP contribution in [0.15, 0.2) is 0 Å². The van der Waals surface area contributed by atoms with Gasteiger partial charge in [0.05, 0.1) is 0 Å². The molecule has 6 nitrogen and oxygen atoms in total. The second kappa shape index (κ2) is 14.5. The number of hydrogen-bond donors (Lipinski definition) is 2. The Morgan fingerprint density at radius 1 is 0.524 bits per heavy atom. The zero-order valence-electron chi connectivity index (χ0n) is 31.0. The van der Waals surface area contributed by atoms with Crippen molar-refractivity contribution >= 4 is 66.6 Å². The Balaban J connectivity index is 5.95. The van der Waals surface area contributed by atoms with Gasteiger partial charge in [-0.15, -0.1) is 0 Å². The molecule has 0 saturated heterocycles. The van der Waals surface area contributed by atoms with E-state index in [4.69, 9.17) is 8.85 Å². The molecule has 42 heavy (non-hydrogen) atoms. The van der Waals surface area contributed by atoms with Crippen molar-refractivity contribution in [3.05, 3.63) is 0 Å². The van der Waals surface area contributed by atoms with Crippen LogP contribution in [0.5, 0.6) is 0 Å². The summed E-state index contributed by atoms with van der Waals surface area (Å²) >= 11 is 0. The Labute approximate surface area is 273 Å². The summed E-state index contributed by atoms with van der Waals surface area (Å²) in [4.78, 5) is 34.9. The summed E-state index contributed by atoms with van der Waals surface area (Å²) in [7, 11) is -5.21. The van der Waals surface area contributed by atoms with E-state index in [9.17, 15) is 9.59 Å². The molecule has 0 aliphatic heterocycles. The lowest BCUT2D eigenvalue weighted by Gasteiger charge is -2.42. The van der Waals surface area contributed by atoms with Crippen LogP contribution in [0.2, 0.25) is 72.5 Å². The van der Waals surface area contributed by atoms with E-state index >= 15 is 0 Å². The Hall–Kier alpha value is 0.428. The van der Waals surface area contributed by atoms with Crippen molar-refractivity contribution in [3.63, 3.8) is 0 Å². The summed E-state index contributed by atoms with van der Waals surface area (Å²) in [5.74, 6) is 0.865. The zero-order valence-corrected chi connectivity index (χ0v) is 36.7. The molecule has 0 heterocycles. The molecule has 0 bridgehead atoms. The standard InChI is InChI=1S/C30H68N2O4S2Si4/c1-27(2,3)39(13,14)31-23(25(33)35-41(17,18)29(7,8)9)21-37-38-22-24(32-40(15,16)28(4,5)6)26(34)36-42(19,20)30(10,11)12/h23-24,31-32H,21-22H2,1-20H3. The molecule has 0 aliphatic rings. The number of nitrogens with one attached hydrogen (secondary N) is 2. The van der Waals surface area contributed by atoms with Crippen LogP contribution in [-0.2, 0) is 18.4 Å². The molecule has 0 aromatic rings. The summed E-state index contributed by atoms with van der Waals surface area (Å²) in [5, 5.41) is 0.0381. The van der Waals surface area contributed by atoms with Crippen molar-refractivity contribution in [1.82, 2.24) is 9.96 Å². The first-order chi connectivity index (χ1) is 18.2. The van der Waals surface area contributed by atoms with E-state index < -0.39 is 45.2 Å². The van der Waals surface area contributed by atoms with Crippen LogP contribution in [0.4, 0.5) is 0 Å². The highest BCUT2D eigenvalue weighted by Crippen LogP contribution is 2.40. The molecular formula is C30H68N2O4S2Si4. The van der Waals surface area contributed by atoms with E-state index in [-0.39, 0.29) is 32.1 Å². The van der Waals surface area contributed by atoms with Crippen molar-refractivity contribution in [1.29, 1.82) is 0 Å². The first kappa shape index (κ1) is 42.4. The zero-order chi connectivity index (χ0) is 34.0. The molecule has 250 valence electrons. The van der Waals surface area contributed by atoms with E-state index in [1.165, 1.54) is 0 Å².